The summed E-state index contributed by atoms with van der Waals surface area (Å²) in [6, 6.07) is 6.08. The van der Waals surface area contributed by atoms with Crippen molar-refractivity contribution in [1.82, 2.24) is 4.98 Å². The largest absolute Gasteiger partial charge is 0.417 e. The molecule has 0 atom stereocenters. The Kier molecular flexibility index (Phi) is 3.74. The fourth-order valence-corrected chi connectivity index (χ4v) is 1.59. The Morgan fingerprint density at radius 2 is 1.90 bits per heavy atom. The summed E-state index contributed by atoms with van der Waals surface area (Å²) in [7, 11) is 0. The number of aromatic nitrogens is 1. The SMILES string of the molecule is C=Cc1ccc(F)cc1Nc1ccc(C(F)(F)F)cn1. The van der Waals surface area contributed by atoms with Crippen LogP contribution >= 0.6 is 0 Å². The monoisotopic (exact) mass is 282 g/mol. The quantitative estimate of drug-likeness (QED) is 0.830. The number of benzene rings is 1. The highest BCUT2D eigenvalue weighted by Crippen LogP contribution is 2.29. The molecule has 6 heteroatoms. The van der Waals surface area contributed by atoms with Crippen molar-refractivity contribution >= 4 is 17.6 Å². The van der Waals surface area contributed by atoms with E-state index < -0.39 is 17.6 Å². The lowest BCUT2D eigenvalue weighted by Crippen LogP contribution is -2.06. The normalized spacial score (nSPS) is 11.2. The van der Waals surface area contributed by atoms with Gasteiger partial charge in [-0.25, -0.2) is 9.37 Å². The van der Waals surface area contributed by atoms with Crippen molar-refractivity contribution in [3.8, 4) is 0 Å². The first-order chi connectivity index (χ1) is 9.40. The smallest absolute Gasteiger partial charge is 0.340 e. The number of nitrogens with zero attached hydrogens (tertiary/aromatic N) is 1. The number of anilines is 2. The number of rotatable bonds is 3. The topological polar surface area (TPSA) is 24.9 Å². The van der Waals surface area contributed by atoms with Gasteiger partial charge in [0.2, 0.25) is 0 Å². The van der Waals surface area contributed by atoms with Gasteiger partial charge in [-0.05, 0) is 29.8 Å². The molecule has 0 unspecified atom stereocenters. The van der Waals surface area contributed by atoms with E-state index in [-0.39, 0.29) is 5.82 Å². The van der Waals surface area contributed by atoms with E-state index in [0.29, 0.717) is 11.3 Å². The number of pyridine rings is 1. The summed E-state index contributed by atoms with van der Waals surface area (Å²) in [6.07, 6.45) is -2.21. The van der Waals surface area contributed by atoms with Crippen molar-refractivity contribution in [2.24, 2.45) is 0 Å². The third-order valence-electron chi connectivity index (χ3n) is 2.59. The van der Waals surface area contributed by atoms with Crippen LogP contribution in [0, 0.1) is 5.82 Å². The van der Waals surface area contributed by atoms with Crippen molar-refractivity contribution in [1.29, 1.82) is 0 Å². The van der Waals surface area contributed by atoms with Gasteiger partial charge in [0.1, 0.15) is 11.6 Å². The summed E-state index contributed by atoms with van der Waals surface area (Å²) in [4.78, 5) is 3.66. The van der Waals surface area contributed by atoms with E-state index in [2.05, 4.69) is 16.9 Å². The molecule has 0 aliphatic carbocycles. The maximum Gasteiger partial charge on any atom is 0.417 e. The Morgan fingerprint density at radius 3 is 2.45 bits per heavy atom. The molecule has 0 saturated carbocycles. The minimum Gasteiger partial charge on any atom is -0.340 e. The third kappa shape index (κ3) is 3.14. The summed E-state index contributed by atoms with van der Waals surface area (Å²) in [5, 5.41) is 2.75. The summed E-state index contributed by atoms with van der Waals surface area (Å²) in [5.41, 5.74) is 0.159. The highest BCUT2D eigenvalue weighted by atomic mass is 19.4. The molecule has 1 N–H and O–H groups in total. The van der Waals surface area contributed by atoms with Crippen molar-refractivity contribution in [3.05, 3.63) is 60.1 Å². The molecule has 0 bridgehead atoms. The molecule has 2 aromatic rings. The van der Waals surface area contributed by atoms with E-state index in [1.54, 1.807) is 0 Å². The van der Waals surface area contributed by atoms with Gasteiger partial charge in [-0.15, -0.1) is 0 Å². The molecule has 1 aromatic heterocycles. The second-order valence-corrected chi connectivity index (χ2v) is 3.99. The maximum absolute atomic E-state index is 13.2. The maximum atomic E-state index is 13.2. The third-order valence-corrected chi connectivity index (χ3v) is 2.59. The number of halogens is 4. The molecular weight excluding hydrogens is 272 g/mol. The van der Waals surface area contributed by atoms with Crippen LogP contribution in [0.3, 0.4) is 0 Å². The first kappa shape index (κ1) is 14.0. The second-order valence-electron chi connectivity index (χ2n) is 3.99. The van der Waals surface area contributed by atoms with Gasteiger partial charge in [0.05, 0.1) is 5.56 Å². The molecule has 1 heterocycles. The molecule has 0 spiro atoms. The average Bonchev–Trinajstić information content (AvgIpc) is 2.38. The van der Waals surface area contributed by atoms with Gasteiger partial charge >= 0.3 is 6.18 Å². The predicted molar refractivity (Wildman–Crippen MR) is 69.0 cm³/mol. The van der Waals surface area contributed by atoms with Crippen molar-refractivity contribution in [2.75, 3.05) is 5.32 Å². The molecule has 104 valence electrons. The van der Waals surface area contributed by atoms with E-state index in [1.807, 2.05) is 0 Å². The molecule has 2 rings (SSSR count). The molecule has 1 aromatic carbocycles. The fraction of sp³-hybridized carbons (Fsp3) is 0.0714. The minimum absolute atomic E-state index is 0.187. The van der Waals surface area contributed by atoms with Crippen LogP contribution in [0.25, 0.3) is 6.08 Å². The first-order valence-electron chi connectivity index (χ1n) is 5.62. The molecule has 0 fully saturated rings. The van der Waals surface area contributed by atoms with Gasteiger partial charge < -0.3 is 5.32 Å². The van der Waals surface area contributed by atoms with Gasteiger partial charge in [0.15, 0.2) is 0 Å². The van der Waals surface area contributed by atoms with Crippen LogP contribution in [0.1, 0.15) is 11.1 Å². The summed E-state index contributed by atoms with van der Waals surface area (Å²) in [5.74, 6) is -0.281. The van der Waals surface area contributed by atoms with Crippen LogP contribution < -0.4 is 5.32 Å². The molecular formula is C14H10F4N2. The van der Waals surface area contributed by atoms with E-state index in [1.165, 1.54) is 30.3 Å². The van der Waals surface area contributed by atoms with Crippen LogP contribution in [-0.2, 0) is 6.18 Å². The lowest BCUT2D eigenvalue weighted by atomic mass is 10.1. The van der Waals surface area contributed by atoms with Gasteiger partial charge in [0.25, 0.3) is 0 Å². The summed E-state index contributed by atoms with van der Waals surface area (Å²) >= 11 is 0. The highest BCUT2D eigenvalue weighted by Gasteiger charge is 2.30. The Morgan fingerprint density at radius 1 is 1.15 bits per heavy atom. The van der Waals surface area contributed by atoms with Crippen LogP contribution in [0.2, 0.25) is 0 Å². The second kappa shape index (κ2) is 5.32. The van der Waals surface area contributed by atoms with Crippen molar-refractivity contribution in [2.45, 2.75) is 6.18 Å². The zero-order valence-electron chi connectivity index (χ0n) is 10.2. The summed E-state index contributed by atoms with van der Waals surface area (Å²) in [6.45, 7) is 3.58. The number of nitrogens with one attached hydrogen (secondary N) is 1. The zero-order chi connectivity index (χ0) is 14.8. The molecule has 20 heavy (non-hydrogen) atoms. The molecule has 0 radical (unpaired) electrons. The van der Waals surface area contributed by atoms with Crippen LogP contribution in [-0.4, -0.2) is 4.98 Å². The Bertz CT molecular complexity index is 618. The molecule has 0 amide bonds. The highest BCUT2D eigenvalue weighted by molar-refractivity contribution is 5.70. The van der Waals surface area contributed by atoms with Gasteiger partial charge in [-0.1, -0.05) is 18.7 Å². The van der Waals surface area contributed by atoms with E-state index in [9.17, 15) is 17.6 Å². The van der Waals surface area contributed by atoms with E-state index in [0.717, 1.165) is 12.3 Å². The first-order valence-corrected chi connectivity index (χ1v) is 5.62. The Balaban J connectivity index is 2.26. The molecule has 0 aliphatic heterocycles. The lowest BCUT2D eigenvalue weighted by molar-refractivity contribution is -0.137. The zero-order valence-corrected chi connectivity index (χ0v) is 10.2. The standard InChI is InChI=1S/C14H10F4N2/c1-2-9-3-5-11(15)7-12(9)20-13-6-4-10(8-19-13)14(16,17)18/h2-8H,1H2,(H,19,20). The van der Waals surface area contributed by atoms with Gasteiger partial charge in [-0.3, -0.25) is 0 Å². The van der Waals surface area contributed by atoms with Crippen molar-refractivity contribution < 1.29 is 17.6 Å². The average molecular weight is 282 g/mol. The van der Waals surface area contributed by atoms with Crippen LogP contribution in [0.15, 0.2) is 43.1 Å². The van der Waals surface area contributed by atoms with Crippen LogP contribution in [0.4, 0.5) is 29.1 Å². The van der Waals surface area contributed by atoms with E-state index in [4.69, 9.17) is 0 Å². The van der Waals surface area contributed by atoms with Crippen molar-refractivity contribution in [3.63, 3.8) is 0 Å². The number of hydrogen-bond donors (Lipinski definition) is 1. The molecule has 2 nitrogen and oxygen atoms in total. The van der Waals surface area contributed by atoms with Gasteiger partial charge in [0, 0.05) is 11.9 Å². The van der Waals surface area contributed by atoms with Gasteiger partial charge in [-0.2, -0.15) is 13.2 Å². The summed E-state index contributed by atoms with van der Waals surface area (Å²) < 4.78 is 50.3. The predicted octanol–water partition coefficient (Wildman–Crippen LogP) is 4.63. The minimum atomic E-state index is -4.43. The Hall–Kier alpha value is -2.37. The Labute approximate surface area is 112 Å². The number of alkyl halides is 3. The molecule has 0 aliphatic rings. The van der Waals surface area contributed by atoms with Crippen LogP contribution in [0.5, 0.6) is 0 Å². The number of hydrogen-bond acceptors (Lipinski definition) is 2. The molecule has 0 saturated heterocycles. The lowest BCUT2D eigenvalue weighted by Gasteiger charge is -2.10. The fourth-order valence-electron chi connectivity index (χ4n) is 1.59. The van der Waals surface area contributed by atoms with E-state index >= 15 is 0 Å².